The van der Waals surface area contributed by atoms with Gasteiger partial charge in [-0.25, -0.2) is 14.3 Å². The molecule has 0 N–H and O–H groups in total. The molecule has 0 bridgehead atoms. The Kier molecular flexibility index (Phi) is 5.17. The van der Waals surface area contributed by atoms with E-state index in [9.17, 15) is 9.59 Å². The van der Waals surface area contributed by atoms with Crippen molar-refractivity contribution in [3.05, 3.63) is 92.4 Å². The van der Waals surface area contributed by atoms with Crippen LogP contribution in [0.5, 0.6) is 0 Å². The van der Waals surface area contributed by atoms with Crippen LogP contribution in [0.1, 0.15) is 44.4 Å². The molecular formula is C25H28N4O2. The monoisotopic (exact) mass is 416 g/mol. The van der Waals surface area contributed by atoms with Crippen LogP contribution in [0.25, 0.3) is 16.9 Å². The maximum Gasteiger partial charge on any atom is 0.337 e. The quantitative estimate of drug-likeness (QED) is 0.505. The minimum atomic E-state index is -0.372. The summed E-state index contributed by atoms with van der Waals surface area (Å²) in [6.45, 7) is 11.2. The topological polar surface area (TPSA) is 61.8 Å². The van der Waals surface area contributed by atoms with Crippen LogP contribution in [0.2, 0.25) is 0 Å². The first-order chi connectivity index (χ1) is 14.7. The summed E-state index contributed by atoms with van der Waals surface area (Å²) in [5.41, 5.74) is 4.34. The van der Waals surface area contributed by atoms with Gasteiger partial charge >= 0.3 is 5.69 Å². The van der Waals surface area contributed by atoms with Crippen molar-refractivity contribution in [1.29, 1.82) is 0 Å². The maximum atomic E-state index is 13.2. The van der Waals surface area contributed by atoms with E-state index in [1.54, 1.807) is 13.3 Å². The van der Waals surface area contributed by atoms with E-state index in [1.165, 1.54) is 14.7 Å². The molecule has 0 aliphatic heterocycles. The van der Waals surface area contributed by atoms with Gasteiger partial charge in [-0.05, 0) is 42.5 Å². The van der Waals surface area contributed by atoms with Gasteiger partial charge in [0.05, 0.1) is 12.0 Å². The van der Waals surface area contributed by atoms with E-state index in [0.29, 0.717) is 29.9 Å². The molecule has 0 amide bonds. The first kappa shape index (κ1) is 20.8. The second kappa shape index (κ2) is 7.69. The highest BCUT2D eigenvalue weighted by Gasteiger charge is 2.19. The van der Waals surface area contributed by atoms with Crippen molar-refractivity contribution in [2.75, 3.05) is 0 Å². The van der Waals surface area contributed by atoms with Gasteiger partial charge in [-0.15, -0.1) is 0 Å². The second-order valence-corrected chi connectivity index (χ2v) is 8.99. The van der Waals surface area contributed by atoms with Gasteiger partial charge < -0.3 is 4.57 Å². The number of aryl methyl sites for hydroxylation is 1. The Bertz CT molecular complexity index is 1350. The molecule has 0 aliphatic carbocycles. The van der Waals surface area contributed by atoms with Crippen LogP contribution >= 0.6 is 0 Å². The average Bonchev–Trinajstić information content (AvgIpc) is 3.13. The van der Waals surface area contributed by atoms with Crippen molar-refractivity contribution in [3.63, 3.8) is 0 Å². The third-order valence-corrected chi connectivity index (χ3v) is 5.68. The van der Waals surface area contributed by atoms with Gasteiger partial charge in [0.15, 0.2) is 11.2 Å². The summed E-state index contributed by atoms with van der Waals surface area (Å²) in [5, 5.41) is 0. The largest absolute Gasteiger partial charge is 0.337 e. The highest BCUT2D eigenvalue weighted by Crippen LogP contribution is 2.23. The van der Waals surface area contributed by atoms with Crippen LogP contribution in [-0.4, -0.2) is 18.7 Å². The van der Waals surface area contributed by atoms with Gasteiger partial charge in [-0.3, -0.25) is 9.36 Å². The average molecular weight is 417 g/mol. The lowest BCUT2D eigenvalue weighted by molar-refractivity contribution is 0.590. The van der Waals surface area contributed by atoms with E-state index in [2.05, 4.69) is 50.0 Å². The number of imidazole rings is 1. The van der Waals surface area contributed by atoms with Crippen molar-refractivity contribution >= 4 is 11.2 Å². The lowest BCUT2D eigenvalue weighted by Crippen LogP contribution is -2.39. The van der Waals surface area contributed by atoms with E-state index in [4.69, 9.17) is 0 Å². The van der Waals surface area contributed by atoms with Gasteiger partial charge in [-0.2, -0.15) is 0 Å². The zero-order chi connectivity index (χ0) is 22.3. The van der Waals surface area contributed by atoms with Gasteiger partial charge in [0.2, 0.25) is 0 Å². The SMILES string of the molecule is CCn1c(=O)c2c(ncn2Cc2ccc(C(C)(C)C)cc2)n(-c2ccc(C)cc2)c1=O. The molecule has 6 nitrogen and oxygen atoms in total. The van der Waals surface area contributed by atoms with E-state index < -0.39 is 0 Å². The minimum absolute atomic E-state index is 0.0825. The zero-order valence-corrected chi connectivity index (χ0v) is 18.7. The van der Waals surface area contributed by atoms with Crippen molar-refractivity contribution in [2.24, 2.45) is 0 Å². The molecular weight excluding hydrogens is 388 g/mol. The molecule has 2 heterocycles. The number of aromatic nitrogens is 4. The molecule has 0 saturated carbocycles. The molecule has 2 aromatic heterocycles. The van der Waals surface area contributed by atoms with Crippen molar-refractivity contribution in [1.82, 2.24) is 18.7 Å². The summed E-state index contributed by atoms with van der Waals surface area (Å²) in [7, 11) is 0. The normalized spacial score (nSPS) is 11.9. The number of fused-ring (bicyclic) bond motifs is 1. The standard InChI is InChI=1S/C25H28N4O2/c1-6-28-23(30)21-22(29(24(28)31)20-13-7-17(2)8-14-20)26-16-27(21)15-18-9-11-19(12-10-18)25(3,4)5/h7-14,16H,6,15H2,1-5H3. The molecule has 4 rings (SSSR count). The fourth-order valence-electron chi connectivity index (χ4n) is 3.81. The Hall–Kier alpha value is -3.41. The van der Waals surface area contributed by atoms with Crippen LogP contribution in [0.4, 0.5) is 0 Å². The fraction of sp³-hybridized carbons (Fsp3) is 0.320. The molecule has 0 fully saturated rings. The number of hydrogen-bond donors (Lipinski definition) is 0. The summed E-state index contributed by atoms with van der Waals surface area (Å²) < 4.78 is 4.63. The Morgan fingerprint density at radius 2 is 1.58 bits per heavy atom. The van der Waals surface area contributed by atoms with Crippen molar-refractivity contribution < 1.29 is 0 Å². The summed E-state index contributed by atoms with van der Waals surface area (Å²) in [5.74, 6) is 0. The smallest absolute Gasteiger partial charge is 0.320 e. The zero-order valence-electron chi connectivity index (χ0n) is 18.7. The molecule has 0 radical (unpaired) electrons. The minimum Gasteiger partial charge on any atom is -0.320 e. The summed E-state index contributed by atoms with van der Waals surface area (Å²) >= 11 is 0. The number of nitrogens with zero attached hydrogens (tertiary/aromatic N) is 4. The molecule has 31 heavy (non-hydrogen) atoms. The Morgan fingerprint density at radius 1 is 0.935 bits per heavy atom. The molecule has 4 aromatic rings. The van der Waals surface area contributed by atoms with E-state index in [-0.39, 0.29) is 16.7 Å². The fourth-order valence-corrected chi connectivity index (χ4v) is 3.81. The van der Waals surface area contributed by atoms with Gasteiger partial charge in [0, 0.05) is 13.1 Å². The summed E-state index contributed by atoms with van der Waals surface area (Å²) in [4.78, 5) is 30.7. The van der Waals surface area contributed by atoms with Crippen LogP contribution in [0, 0.1) is 6.92 Å². The van der Waals surface area contributed by atoms with E-state index in [1.807, 2.05) is 35.8 Å². The Morgan fingerprint density at radius 3 is 2.16 bits per heavy atom. The number of benzene rings is 2. The summed E-state index contributed by atoms with van der Waals surface area (Å²) in [6, 6.07) is 16.1. The molecule has 0 atom stereocenters. The Labute approximate surface area is 181 Å². The third-order valence-electron chi connectivity index (χ3n) is 5.68. The summed E-state index contributed by atoms with van der Waals surface area (Å²) in [6.07, 6.45) is 1.65. The van der Waals surface area contributed by atoms with Crippen LogP contribution in [0.15, 0.2) is 64.4 Å². The van der Waals surface area contributed by atoms with E-state index in [0.717, 1.165) is 11.1 Å². The number of rotatable bonds is 4. The Balaban J connectivity index is 1.87. The molecule has 6 heteroatoms. The van der Waals surface area contributed by atoms with Gasteiger partial charge in [-0.1, -0.05) is 62.7 Å². The van der Waals surface area contributed by atoms with E-state index >= 15 is 0 Å². The highest BCUT2D eigenvalue weighted by molar-refractivity contribution is 5.72. The molecule has 160 valence electrons. The predicted molar refractivity (Wildman–Crippen MR) is 124 cm³/mol. The molecule has 0 spiro atoms. The lowest BCUT2D eigenvalue weighted by atomic mass is 9.87. The maximum absolute atomic E-state index is 13.2. The van der Waals surface area contributed by atoms with Crippen LogP contribution < -0.4 is 11.2 Å². The predicted octanol–water partition coefficient (Wildman–Crippen LogP) is 4.02. The van der Waals surface area contributed by atoms with Crippen molar-refractivity contribution in [2.45, 2.75) is 53.1 Å². The first-order valence-electron chi connectivity index (χ1n) is 10.6. The lowest BCUT2D eigenvalue weighted by Gasteiger charge is -2.19. The van der Waals surface area contributed by atoms with Crippen molar-refractivity contribution in [3.8, 4) is 5.69 Å². The van der Waals surface area contributed by atoms with Gasteiger partial charge in [0.1, 0.15) is 0 Å². The van der Waals surface area contributed by atoms with Crippen LogP contribution in [0.3, 0.4) is 0 Å². The molecule has 0 aliphatic rings. The molecule has 2 aromatic carbocycles. The highest BCUT2D eigenvalue weighted by atomic mass is 16.2. The van der Waals surface area contributed by atoms with Crippen LogP contribution in [-0.2, 0) is 18.5 Å². The molecule has 0 unspecified atom stereocenters. The third kappa shape index (κ3) is 3.74. The molecule has 0 saturated heterocycles. The first-order valence-corrected chi connectivity index (χ1v) is 10.6. The second-order valence-electron chi connectivity index (χ2n) is 8.99. The number of hydrogen-bond acceptors (Lipinski definition) is 3. The van der Waals surface area contributed by atoms with Gasteiger partial charge in [0.25, 0.3) is 5.56 Å².